The van der Waals surface area contributed by atoms with Crippen LogP contribution in [0.5, 0.6) is 0 Å². The Kier molecular flexibility index (Phi) is 9.68. The van der Waals surface area contributed by atoms with Gasteiger partial charge in [-0.15, -0.1) is 0 Å². The van der Waals surface area contributed by atoms with Crippen LogP contribution in [0.25, 0.3) is 0 Å². The molecule has 0 N–H and O–H groups in total. The summed E-state index contributed by atoms with van der Waals surface area (Å²) in [7, 11) is 0. The number of hydrogen-bond donors (Lipinski definition) is 0. The number of ether oxygens (including phenoxy) is 1. The molecule has 0 atom stereocenters. The van der Waals surface area contributed by atoms with Crippen LogP contribution in [0.15, 0.2) is 0 Å². The van der Waals surface area contributed by atoms with Crippen molar-refractivity contribution < 1.29 is 4.74 Å². The van der Waals surface area contributed by atoms with Crippen molar-refractivity contribution in [2.24, 2.45) is 23.2 Å². The van der Waals surface area contributed by atoms with Gasteiger partial charge in [-0.3, -0.25) is 0 Å². The highest BCUT2D eigenvalue weighted by Gasteiger charge is 2.38. The molecule has 1 nitrogen and oxygen atoms in total. The molecule has 0 aromatic heterocycles. The van der Waals surface area contributed by atoms with Gasteiger partial charge in [-0.2, -0.15) is 0 Å². The predicted molar refractivity (Wildman–Crippen MR) is 122 cm³/mol. The summed E-state index contributed by atoms with van der Waals surface area (Å²) in [6.07, 6.45) is 28.0. The van der Waals surface area contributed by atoms with E-state index in [4.69, 9.17) is 4.74 Å². The van der Waals surface area contributed by atoms with Crippen LogP contribution in [0.1, 0.15) is 136 Å². The standard InChI is InChI=1S/C27H50O/c1-3-5-9-19-27(22-28-26-15-13-23(10-4-2)14-16-26)20-17-25(18-21-27)24-11-7-6-8-12-24/h23-26H,3-22H2,1-2H3/t23-,25?,26-,27?. The van der Waals surface area contributed by atoms with Crippen LogP contribution in [0, 0.1) is 23.2 Å². The Balaban J connectivity index is 1.46. The fourth-order valence-electron chi connectivity index (χ4n) is 6.84. The molecule has 0 aliphatic heterocycles. The molecule has 3 aliphatic carbocycles. The van der Waals surface area contributed by atoms with Gasteiger partial charge in [0, 0.05) is 0 Å². The molecule has 1 heteroatoms. The predicted octanol–water partition coefficient (Wildman–Crippen LogP) is 8.70. The second kappa shape index (κ2) is 12.0. The molecule has 0 aromatic rings. The molecule has 0 bridgehead atoms. The van der Waals surface area contributed by atoms with Crippen molar-refractivity contribution in [2.45, 2.75) is 142 Å². The number of rotatable bonds is 10. The van der Waals surface area contributed by atoms with Crippen LogP contribution in [0.4, 0.5) is 0 Å². The molecule has 0 saturated heterocycles. The second-order valence-corrected chi connectivity index (χ2v) is 10.9. The third-order valence-electron chi connectivity index (χ3n) is 8.83. The zero-order valence-electron chi connectivity index (χ0n) is 19.4. The highest BCUT2D eigenvalue weighted by Crippen LogP contribution is 2.48. The molecule has 3 fully saturated rings. The van der Waals surface area contributed by atoms with Gasteiger partial charge in [-0.05, 0) is 81.0 Å². The molecular formula is C27H50O. The van der Waals surface area contributed by atoms with E-state index in [0.29, 0.717) is 11.5 Å². The van der Waals surface area contributed by atoms with Crippen molar-refractivity contribution >= 4 is 0 Å². The second-order valence-electron chi connectivity index (χ2n) is 10.9. The van der Waals surface area contributed by atoms with Gasteiger partial charge in [0.15, 0.2) is 0 Å². The van der Waals surface area contributed by atoms with Crippen molar-refractivity contribution in [3.63, 3.8) is 0 Å². The van der Waals surface area contributed by atoms with E-state index >= 15 is 0 Å². The molecular weight excluding hydrogens is 340 g/mol. The van der Waals surface area contributed by atoms with E-state index in [2.05, 4.69) is 13.8 Å². The fourth-order valence-corrected chi connectivity index (χ4v) is 6.84. The molecule has 0 aromatic carbocycles. The van der Waals surface area contributed by atoms with E-state index < -0.39 is 0 Å². The maximum absolute atomic E-state index is 6.66. The summed E-state index contributed by atoms with van der Waals surface area (Å²) in [6.45, 7) is 5.77. The van der Waals surface area contributed by atoms with E-state index in [-0.39, 0.29) is 0 Å². The maximum Gasteiger partial charge on any atom is 0.0575 e. The van der Waals surface area contributed by atoms with Crippen LogP contribution in [-0.4, -0.2) is 12.7 Å². The minimum Gasteiger partial charge on any atom is -0.378 e. The van der Waals surface area contributed by atoms with Gasteiger partial charge in [0.1, 0.15) is 0 Å². The van der Waals surface area contributed by atoms with Gasteiger partial charge in [0.2, 0.25) is 0 Å². The van der Waals surface area contributed by atoms with Crippen LogP contribution in [-0.2, 0) is 4.74 Å². The van der Waals surface area contributed by atoms with Gasteiger partial charge >= 0.3 is 0 Å². The molecule has 164 valence electrons. The van der Waals surface area contributed by atoms with E-state index in [9.17, 15) is 0 Å². The Labute approximate surface area is 176 Å². The number of unbranched alkanes of at least 4 members (excludes halogenated alkanes) is 2. The minimum atomic E-state index is 0.528. The highest BCUT2D eigenvalue weighted by atomic mass is 16.5. The summed E-state index contributed by atoms with van der Waals surface area (Å²) in [6, 6.07) is 0. The Hall–Kier alpha value is -0.0400. The zero-order valence-corrected chi connectivity index (χ0v) is 19.4. The number of hydrogen-bond acceptors (Lipinski definition) is 1. The lowest BCUT2D eigenvalue weighted by atomic mass is 9.64. The molecule has 0 spiro atoms. The smallest absolute Gasteiger partial charge is 0.0575 e. The Morgan fingerprint density at radius 1 is 0.714 bits per heavy atom. The summed E-state index contributed by atoms with van der Waals surface area (Å²) in [5.41, 5.74) is 0.528. The lowest BCUT2D eigenvalue weighted by Gasteiger charge is -2.44. The molecule has 28 heavy (non-hydrogen) atoms. The molecule has 3 rings (SSSR count). The first-order chi connectivity index (χ1) is 13.7. The van der Waals surface area contributed by atoms with Crippen LogP contribution in [0.2, 0.25) is 0 Å². The Morgan fingerprint density at radius 3 is 2.04 bits per heavy atom. The largest absolute Gasteiger partial charge is 0.378 e. The monoisotopic (exact) mass is 390 g/mol. The first-order valence-electron chi connectivity index (χ1n) is 13.4. The van der Waals surface area contributed by atoms with Gasteiger partial charge in [-0.25, -0.2) is 0 Å². The van der Waals surface area contributed by atoms with Crippen LogP contribution < -0.4 is 0 Å². The lowest BCUT2D eigenvalue weighted by molar-refractivity contribution is -0.0566. The average Bonchev–Trinajstić information content (AvgIpc) is 2.75. The van der Waals surface area contributed by atoms with E-state index in [1.54, 1.807) is 0 Å². The molecule has 0 radical (unpaired) electrons. The van der Waals surface area contributed by atoms with Gasteiger partial charge in [0.05, 0.1) is 12.7 Å². The summed E-state index contributed by atoms with van der Waals surface area (Å²) in [4.78, 5) is 0. The Bertz CT molecular complexity index is 394. The van der Waals surface area contributed by atoms with Gasteiger partial charge < -0.3 is 4.74 Å². The Morgan fingerprint density at radius 2 is 1.39 bits per heavy atom. The van der Waals surface area contributed by atoms with Crippen molar-refractivity contribution in [1.29, 1.82) is 0 Å². The fraction of sp³-hybridized carbons (Fsp3) is 1.00. The topological polar surface area (TPSA) is 9.23 Å². The molecule has 0 unspecified atom stereocenters. The molecule has 3 saturated carbocycles. The molecule has 0 heterocycles. The van der Waals surface area contributed by atoms with Gasteiger partial charge in [0.25, 0.3) is 0 Å². The van der Waals surface area contributed by atoms with Crippen molar-refractivity contribution in [3.05, 3.63) is 0 Å². The first-order valence-corrected chi connectivity index (χ1v) is 13.4. The summed E-state index contributed by atoms with van der Waals surface area (Å²) in [5, 5.41) is 0. The van der Waals surface area contributed by atoms with E-state index in [0.717, 1.165) is 24.4 Å². The quantitative estimate of drug-likeness (QED) is 0.339. The lowest BCUT2D eigenvalue weighted by Crippen LogP contribution is -2.36. The minimum absolute atomic E-state index is 0.528. The summed E-state index contributed by atoms with van der Waals surface area (Å²) in [5.74, 6) is 3.11. The zero-order chi connectivity index (χ0) is 19.7. The van der Waals surface area contributed by atoms with Crippen molar-refractivity contribution in [1.82, 2.24) is 0 Å². The third kappa shape index (κ3) is 6.75. The van der Waals surface area contributed by atoms with Crippen LogP contribution in [0.3, 0.4) is 0 Å². The SMILES string of the molecule is CCCCCC1(CO[C@H]2CC[C@H](CCC)CC2)CCC(C2CCCCC2)CC1. The highest BCUT2D eigenvalue weighted by molar-refractivity contribution is 4.89. The molecule has 0 amide bonds. The summed E-state index contributed by atoms with van der Waals surface area (Å²) >= 11 is 0. The van der Waals surface area contributed by atoms with Crippen molar-refractivity contribution in [2.75, 3.05) is 6.61 Å². The first kappa shape index (κ1) is 22.6. The molecule has 3 aliphatic rings. The van der Waals surface area contributed by atoms with E-state index in [1.165, 1.54) is 122 Å². The van der Waals surface area contributed by atoms with Gasteiger partial charge in [-0.1, -0.05) is 78.1 Å². The van der Waals surface area contributed by atoms with Crippen LogP contribution >= 0.6 is 0 Å². The van der Waals surface area contributed by atoms with E-state index in [1.807, 2.05) is 0 Å². The average molecular weight is 391 g/mol. The normalized spacial score (nSPS) is 35.1. The maximum atomic E-state index is 6.66. The van der Waals surface area contributed by atoms with Crippen molar-refractivity contribution in [3.8, 4) is 0 Å². The summed E-state index contributed by atoms with van der Waals surface area (Å²) < 4.78 is 6.66. The third-order valence-corrected chi connectivity index (χ3v) is 8.83.